The SMILES string of the molecule is COC1C2CCC1[N+](C)(C)CC2.[I-]. The van der Waals surface area contributed by atoms with Crippen LogP contribution in [0.15, 0.2) is 0 Å². The summed E-state index contributed by atoms with van der Waals surface area (Å²) in [5, 5.41) is 0. The van der Waals surface area contributed by atoms with Crippen molar-refractivity contribution in [3.63, 3.8) is 0 Å². The molecule has 1 saturated carbocycles. The van der Waals surface area contributed by atoms with E-state index in [9.17, 15) is 0 Å². The summed E-state index contributed by atoms with van der Waals surface area (Å²) in [6.45, 7) is 1.34. The molecule has 0 amide bonds. The van der Waals surface area contributed by atoms with Crippen molar-refractivity contribution in [3.05, 3.63) is 0 Å². The molecule has 13 heavy (non-hydrogen) atoms. The van der Waals surface area contributed by atoms with Crippen LogP contribution in [0.2, 0.25) is 0 Å². The number of nitrogens with zero attached hydrogens (tertiary/aromatic N) is 1. The molecule has 78 valence electrons. The van der Waals surface area contributed by atoms with Gasteiger partial charge < -0.3 is 33.2 Å². The van der Waals surface area contributed by atoms with Crippen molar-refractivity contribution in [2.75, 3.05) is 27.7 Å². The summed E-state index contributed by atoms with van der Waals surface area (Å²) in [6.07, 6.45) is 4.68. The molecule has 1 heterocycles. The van der Waals surface area contributed by atoms with Gasteiger partial charge in [-0.1, -0.05) is 0 Å². The molecule has 2 bridgehead atoms. The third-order valence-corrected chi connectivity index (χ3v) is 3.92. The summed E-state index contributed by atoms with van der Waals surface area (Å²) >= 11 is 0. The molecule has 1 saturated heterocycles. The lowest BCUT2D eigenvalue weighted by molar-refractivity contribution is -0.922. The number of quaternary nitrogens is 1. The van der Waals surface area contributed by atoms with Crippen molar-refractivity contribution in [1.29, 1.82) is 0 Å². The van der Waals surface area contributed by atoms with Gasteiger partial charge in [0.05, 0.1) is 20.6 Å². The minimum atomic E-state index is 0. The first kappa shape index (κ1) is 11.7. The minimum Gasteiger partial charge on any atom is -1.00 e. The molecule has 0 aromatic carbocycles. The van der Waals surface area contributed by atoms with Gasteiger partial charge in [0.1, 0.15) is 12.1 Å². The monoisotopic (exact) mass is 297 g/mol. The molecule has 2 fully saturated rings. The topological polar surface area (TPSA) is 9.23 Å². The largest absolute Gasteiger partial charge is 1.00 e. The first-order chi connectivity index (χ1) is 5.65. The Balaban J connectivity index is 0.000000845. The fourth-order valence-corrected chi connectivity index (χ4v) is 3.10. The van der Waals surface area contributed by atoms with E-state index in [4.69, 9.17) is 4.74 Å². The number of ether oxygens (including phenoxy) is 1. The van der Waals surface area contributed by atoms with Gasteiger partial charge in [0.15, 0.2) is 0 Å². The Labute approximate surface area is 98.2 Å². The maximum atomic E-state index is 5.60. The van der Waals surface area contributed by atoms with E-state index in [1.165, 1.54) is 30.3 Å². The number of hydrogen-bond donors (Lipinski definition) is 0. The minimum absolute atomic E-state index is 0. The van der Waals surface area contributed by atoms with E-state index in [1.54, 1.807) is 0 Å². The van der Waals surface area contributed by atoms with Crippen LogP contribution in [-0.2, 0) is 4.74 Å². The number of rotatable bonds is 1. The Bertz CT molecular complexity index is 184. The van der Waals surface area contributed by atoms with Crippen LogP contribution >= 0.6 is 0 Å². The number of likely N-dealkylation sites (N-methyl/N-ethyl adjacent to an activating group) is 1. The van der Waals surface area contributed by atoms with E-state index in [1.807, 2.05) is 7.11 Å². The summed E-state index contributed by atoms with van der Waals surface area (Å²) in [5.74, 6) is 0.867. The quantitative estimate of drug-likeness (QED) is 0.413. The smallest absolute Gasteiger partial charge is 0.115 e. The molecule has 0 N–H and O–H groups in total. The Morgan fingerprint density at radius 2 is 1.85 bits per heavy atom. The van der Waals surface area contributed by atoms with Crippen molar-refractivity contribution >= 4 is 0 Å². The summed E-state index contributed by atoms with van der Waals surface area (Å²) in [5.41, 5.74) is 0. The molecule has 2 rings (SSSR count). The maximum absolute atomic E-state index is 5.60. The van der Waals surface area contributed by atoms with Gasteiger partial charge in [-0.2, -0.15) is 0 Å². The van der Waals surface area contributed by atoms with E-state index >= 15 is 0 Å². The second-order valence-corrected chi connectivity index (χ2v) is 4.90. The van der Waals surface area contributed by atoms with Gasteiger partial charge in [-0.25, -0.2) is 0 Å². The van der Waals surface area contributed by atoms with Crippen molar-refractivity contribution < 1.29 is 33.2 Å². The highest BCUT2D eigenvalue weighted by Crippen LogP contribution is 2.40. The first-order valence-corrected chi connectivity index (χ1v) is 5.00. The van der Waals surface area contributed by atoms with Crippen molar-refractivity contribution in [2.24, 2.45) is 5.92 Å². The molecule has 0 aromatic heterocycles. The number of halogens is 1. The van der Waals surface area contributed by atoms with Gasteiger partial charge in [0.2, 0.25) is 0 Å². The Hall–Kier alpha value is 0.650. The van der Waals surface area contributed by atoms with Crippen LogP contribution in [-0.4, -0.2) is 44.4 Å². The number of likely N-dealkylation sites (tertiary alicyclic amines) is 1. The zero-order valence-corrected chi connectivity index (χ0v) is 11.0. The van der Waals surface area contributed by atoms with Crippen LogP contribution in [0, 0.1) is 5.92 Å². The molecule has 3 heteroatoms. The highest BCUT2D eigenvalue weighted by molar-refractivity contribution is 4.90. The molecule has 0 spiro atoms. The third kappa shape index (κ3) is 1.88. The number of piperidine rings is 1. The molecule has 3 atom stereocenters. The number of methoxy groups -OCH3 is 1. The molecule has 1 aliphatic carbocycles. The fourth-order valence-electron chi connectivity index (χ4n) is 3.10. The first-order valence-electron chi connectivity index (χ1n) is 5.00. The highest BCUT2D eigenvalue weighted by Gasteiger charge is 2.49. The molecule has 2 aliphatic rings. The normalized spacial score (nSPS) is 41.3. The van der Waals surface area contributed by atoms with Crippen molar-refractivity contribution in [1.82, 2.24) is 0 Å². The van der Waals surface area contributed by atoms with E-state index in [-0.39, 0.29) is 24.0 Å². The summed E-state index contributed by atoms with van der Waals surface area (Å²) in [4.78, 5) is 0. The Morgan fingerprint density at radius 3 is 2.38 bits per heavy atom. The molecule has 2 nitrogen and oxygen atoms in total. The van der Waals surface area contributed by atoms with Gasteiger partial charge in [-0.3, -0.25) is 0 Å². The fraction of sp³-hybridized carbons (Fsp3) is 1.00. The maximum Gasteiger partial charge on any atom is 0.115 e. The standard InChI is InChI=1S/C10H20NO.HI/c1-11(2)7-6-8-4-5-9(11)10(8)12-3;/h8-10H,4-7H2,1-3H3;1H/q+1;/p-1. The molecule has 0 radical (unpaired) electrons. The van der Waals surface area contributed by atoms with E-state index in [0.29, 0.717) is 6.10 Å². The summed E-state index contributed by atoms with van der Waals surface area (Å²) in [7, 11) is 6.57. The lowest BCUT2D eigenvalue weighted by Crippen LogP contribution is -3.00. The van der Waals surface area contributed by atoms with Crippen LogP contribution < -0.4 is 24.0 Å². The lowest BCUT2D eigenvalue weighted by atomic mass is 9.94. The van der Waals surface area contributed by atoms with Crippen LogP contribution in [0.5, 0.6) is 0 Å². The Kier molecular flexibility index (Phi) is 3.63. The van der Waals surface area contributed by atoms with E-state index in [0.717, 1.165) is 12.0 Å². The average molecular weight is 297 g/mol. The average Bonchev–Trinajstić information content (AvgIpc) is 2.37. The molecule has 3 unspecified atom stereocenters. The van der Waals surface area contributed by atoms with E-state index in [2.05, 4.69) is 14.1 Å². The zero-order chi connectivity index (χ0) is 8.77. The lowest BCUT2D eigenvalue weighted by Gasteiger charge is -2.43. The van der Waals surface area contributed by atoms with Gasteiger partial charge in [0, 0.05) is 20.0 Å². The number of hydrogen-bond acceptors (Lipinski definition) is 1. The number of fused-ring (bicyclic) bond motifs is 2. The van der Waals surface area contributed by atoms with Gasteiger partial charge in [-0.15, -0.1) is 0 Å². The predicted molar refractivity (Wildman–Crippen MR) is 48.9 cm³/mol. The van der Waals surface area contributed by atoms with E-state index < -0.39 is 0 Å². The van der Waals surface area contributed by atoms with Crippen LogP contribution in [0.25, 0.3) is 0 Å². The zero-order valence-electron chi connectivity index (χ0n) is 8.79. The van der Waals surface area contributed by atoms with Crippen LogP contribution in [0.1, 0.15) is 19.3 Å². The second-order valence-electron chi connectivity index (χ2n) is 4.90. The van der Waals surface area contributed by atoms with Crippen molar-refractivity contribution in [3.8, 4) is 0 Å². The predicted octanol–water partition coefficient (Wildman–Crippen LogP) is -1.74. The molecule has 0 aromatic rings. The molecule has 1 aliphatic heterocycles. The highest BCUT2D eigenvalue weighted by atomic mass is 127. The van der Waals surface area contributed by atoms with Gasteiger partial charge >= 0.3 is 0 Å². The molecular weight excluding hydrogens is 277 g/mol. The van der Waals surface area contributed by atoms with Crippen molar-refractivity contribution in [2.45, 2.75) is 31.4 Å². The molecular formula is C10H20INO. The summed E-state index contributed by atoms with van der Waals surface area (Å²) in [6, 6.07) is 0.772. The van der Waals surface area contributed by atoms with Gasteiger partial charge in [-0.05, 0) is 12.3 Å². The second kappa shape index (κ2) is 4.03. The third-order valence-electron chi connectivity index (χ3n) is 3.92. The van der Waals surface area contributed by atoms with Gasteiger partial charge in [0.25, 0.3) is 0 Å². The van der Waals surface area contributed by atoms with Crippen LogP contribution in [0.3, 0.4) is 0 Å². The summed E-state index contributed by atoms with van der Waals surface area (Å²) < 4.78 is 6.77. The Morgan fingerprint density at radius 1 is 1.15 bits per heavy atom. The van der Waals surface area contributed by atoms with Crippen LogP contribution in [0.4, 0.5) is 0 Å².